The molecule has 0 spiro atoms. The molecule has 0 aromatic heterocycles. The average Bonchev–Trinajstić information content (AvgIpc) is 2.87. The maximum Gasteiger partial charge on any atom is 0.251 e. The molecule has 1 atom stereocenters. The number of benzene rings is 4. The molecule has 1 amide bonds. The van der Waals surface area contributed by atoms with Crippen molar-refractivity contribution in [3.63, 3.8) is 0 Å². The molecule has 0 heterocycles. The third kappa shape index (κ3) is 5.26. The summed E-state index contributed by atoms with van der Waals surface area (Å²) >= 11 is 0. The molecular formula is C29H29FN2O2. The average molecular weight is 457 g/mol. The van der Waals surface area contributed by atoms with Crippen LogP contribution in [-0.2, 0) is 0 Å². The number of halogens is 1. The van der Waals surface area contributed by atoms with Crippen LogP contribution in [0.15, 0.2) is 78.9 Å². The van der Waals surface area contributed by atoms with Crippen molar-refractivity contribution in [1.29, 1.82) is 0 Å². The van der Waals surface area contributed by atoms with Gasteiger partial charge in [0.2, 0.25) is 0 Å². The third-order valence-electron chi connectivity index (χ3n) is 6.01. The molecule has 4 aromatic rings. The Bertz CT molecular complexity index is 1310. The van der Waals surface area contributed by atoms with E-state index in [1.807, 2.05) is 18.2 Å². The smallest absolute Gasteiger partial charge is 0.251 e. The van der Waals surface area contributed by atoms with Crippen molar-refractivity contribution in [3.8, 4) is 16.9 Å². The second-order valence-electron chi connectivity index (χ2n) is 8.38. The topological polar surface area (TPSA) is 50.4 Å². The molecule has 0 aliphatic rings. The fourth-order valence-electron chi connectivity index (χ4n) is 4.08. The molecular weight excluding hydrogens is 427 g/mol. The summed E-state index contributed by atoms with van der Waals surface area (Å²) in [6.07, 6.45) is 0. The van der Waals surface area contributed by atoms with E-state index in [0.717, 1.165) is 5.56 Å². The summed E-state index contributed by atoms with van der Waals surface area (Å²) in [5, 5.41) is 8.61. The lowest BCUT2D eigenvalue weighted by molar-refractivity contribution is 0.0962. The second-order valence-corrected chi connectivity index (χ2v) is 8.38. The molecule has 0 fully saturated rings. The van der Waals surface area contributed by atoms with E-state index < -0.39 is 0 Å². The van der Waals surface area contributed by atoms with Crippen LogP contribution in [0.4, 0.5) is 4.39 Å². The Morgan fingerprint density at radius 1 is 0.971 bits per heavy atom. The predicted octanol–water partition coefficient (Wildman–Crippen LogP) is 6.04. The fourth-order valence-corrected chi connectivity index (χ4v) is 4.08. The standard InChI is InChI=1S/C29H29FN2O2/c1-19-11-12-22(18-28(19)30)23-15-24(29(33)31-3)17-25(16-23)34-14-13-32-20(2)26-10-6-8-21-7-4-5-9-27(21)26/h4-12,15-18,20,32H,13-14H2,1-3H3,(H,31,33). The van der Waals surface area contributed by atoms with Crippen LogP contribution >= 0.6 is 0 Å². The third-order valence-corrected chi connectivity index (χ3v) is 6.01. The molecule has 2 N–H and O–H groups in total. The van der Waals surface area contributed by atoms with Gasteiger partial charge in [-0.05, 0) is 71.1 Å². The van der Waals surface area contributed by atoms with Crippen LogP contribution in [0.3, 0.4) is 0 Å². The molecule has 4 aromatic carbocycles. The molecule has 0 saturated carbocycles. The highest BCUT2D eigenvalue weighted by molar-refractivity contribution is 5.96. The zero-order chi connectivity index (χ0) is 24.1. The summed E-state index contributed by atoms with van der Waals surface area (Å²) in [5.74, 6) is 0.0654. The first-order chi connectivity index (χ1) is 16.5. The van der Waals surface area contributed by atoms with Crippen molar-refractivity contribution in [2.45, 2.75) is 19.9 Å². The van der Waals surface area contributed by atoms with Crippen LogP contribution in [0.25, 0.3) is 21.9 Å². The van der Waals surface area contributed by atoms with E-state index in [2.05, 4.69) is 54.0 Å². The summed E-state index contributed by atoms with van der Waals surface area (Å²) in [6, 6.07) is 25.2. The Kier molecular flexibility index (Phi) is 7.24. The van der Waals surface area contributed by atoms with Gasteiger partial charge in [-0.3, -0.25) is 4.79 Å². The van der Waals surface area contributed by atoms with E-state index in [0.29, 0.717) is 35.6 Å². The number of ether oxygens (including phenoxy) is 1. The van der Waals surface area contributed by atoms with Crippen LogP contribution in [0.2, 0.25) is 0 Å². The Hall–Kier alpha value is -3.70. The van der Waals surface area contributed by atoms with Gasteiger partial charge in [-0.15, -0.1) is 0 Å². The molecule has 1 unspecified atom stereocenters. The molecule has 0 aliphatic carbocycles. The monoisotopic (exact) mass is 456 g/mol. The quantitative estimate of drug-likeness (QED) is 0.318. The summed E-state index contributed by atoms with van der Waals surface area (Å²) in [5.41, 5.74) is 3.71. The van der Waals surface area contributed by atoms with Crippen LogP contribution in [0.5, 0.6) is 5.75 Å². The van der Waals surface area contributed by atoms with E-state index in [4.69, 9.17) is 4.74 Å². The first-order valence-corrected chi connectivity index (χ1v) is 11.4. The summed E-state index contributed by atoms with van der Waals surface area (Å²) in [6.45, 7) is 4.91. The van der Waals surface area contributed by atoms with Gasteiger partial charge in [-0.1, -0.05) is 54.6 Å². The number of carbonyl (C=O) groups excluding carboxylic acids is 1. The van der Waals surface area contributed by atoms with Gasteiger partial charge in [-0.25, -0.2) is 4.39 Å². The minimum absolute atomic E-state index is 0.151. The van der Waals surface area contributed by atoms with E-state index in [9.17, 15) is 9.18 Å². The largest absolute Gasteiger partial charge is 0.492 e. The molecule has 34 heavy (non-hydrogen) atoms. The lowest BCUT2D eigenvalue weighted by Gasteiger charge is -2.17. The number of hydrogen-bond donors (Lipinski definition) is 2. The lowest BCUT2D eigenvalue weighted by atomic mass is 10.00. The summed E-state index contributed by atoms with van der Waals surface area (Å²) in [7, 11) is 1.58. The number of nitrogens with one attached hydrogen (secondary N) is 2. The van der Waals surface area contributed by atoms with Crippen molar-refractivity contribution in [3.05, 3.63) is 101 Å². The second kappa shape index (κ2) is 10.5. The molecule has 174 valence electrons. The normalized spacial score (nSPS) is 11.9. The van der Waals surface area contributed by atoms with Gasteiger partial charge in [0.25, 0.3) is 5.91 Å². The number of fused-ring (bicyclic) bond motifs is 1. The Morgan fingerprint density at radius 2 is 1.76 bits per heavy atom. The highest BCUT2D eigenvalue weighted by Gasteiger charge is 2.12. The molecule has 0 aliphatic heterocycles. The summed E-state index contributed by atoms with van der Waals surface area (Å²) < 4.78 is 20.1. The minimum Gasteiger partial charge on any atom is -0.492 e. The minimum atomic E-state index is -0.281. The summed E-state index contributed by atoms with van der Waals surface area (Å²) in [4.78, 5) is 12.3. The number of hydrogen-bond acceptors (Lipinski definition) is 3. The van der Waals surface area contributed by atoms with Crippen molar-refractivity contribution in [2.24, 2.45) is 0 Å². The van der Waals surface area contributed by atoms with Gasteiger partial charge in [0.05, 0.1) is 0 Å². The van der Waals surface area contributed by atoms with Gasteiger partial charge in [0.1, 0.15) is 18.2 Å². The molecule has 4 rings (SSSR count). The van der Waals surface area contributed by atoms with Gasteiger partial charge in [-0.2, -0.15) is 0 Å². The van der Waals surface area contributed by atoms with Gasteiger partial charge in [0, 0.05) is 25.2 Å². The van der Waals surface area contributed by atoms with E-state index >= 15 is 0 Å². The maximum absolute atomic E-state index is 14.1. The van der Waals surface area contributed by atoms with Crippen molar-refractivity contribution < 1.29 is 13.9 Å². The number of aryl methyl sites for hydroxylation is 1. The highest BCUT2D eigenvalue weighted by Crippen LogP contribution is 2.28. The van der Waals surface area contributed by atoms with Crippen molar-refractivity contribution in [1.82, 2.24) is 10.6 Å². The van der Waals surface area contributed by atoms with E-state index in [-0.39, 0.29) is 17.8 Å². The number of carbonyl (C=O) groups is 1. The zero-order valence-corrected chi connectivity index (χ0v) is 19.7. The van der Waals surface area contributed by atoms with Crippen molar-refractivity contribution >= 4 is 16.7 Å². The molecule has 0 saturated heterocycles. The van der Waals surface area contributed by atoms with Gasteiger partial charge in [0.15, 0.2) is 0 Å². The van der Waals surface area contributed by atoms with Crippen LogP contribution in [0, 0.1) is 12.7 Å². The first kappa shape index (κ1) is 23.5. The molecule has 0 radical (unpaired) electrons. The Morgan fingerprint density at radius 3 is 2.56 bits per heavy atom. The number of amides is 1. The van der Waals surface area contributed by atoms with Gasteiger partial charge >= 0.3 is 0 Å². The fraction of sp³-hybridized carbons (Fsp3) is 0.207. The SMILES string of the molecule is CNC(=O)c1cc(OCCNC(C)c2cccc3ccccc23)cc(-c2ccc(C)c(F)c2)c1. The Labute approximate surface area is 199 Å². The molecule has 5 heteroatoms. The molecule has 0 bridgehead atoms. The van der Waals surface area contributed by atoms with Crippen LogP contribution in [-0.4, -0.2) is 26.1 Å². The van der Waals surface area contributed by atoms with Crippen molar-refractivity contribution in [2.75, 3.05) is 20.2 Å². The van der Waals surface area contributed by atoms with Crippen LogP contribution in [0.1, 0.15) is 34.5 Å². The first-order valence-electron chi connectivity index (χ1n) is 11.4. The molecule has 4 nitrogen and oxygen atoms in total. The number of rotatable bonds is 8. The zero-order valence-electron chi connectivity index (χ0n) is 19.7. The lowest BCUT2D eigenvalue weighted by Crippen LogP contribution is -2.24. The highest BCUT2D eigenvalue weighted by atomic mass is 19.1. The predicted molar refractivity (Wildman–Crippen MR) is 136 cm³/mol. The Balaban J connectivity index is 1.46. The van der Waals surface area contributed by atoms with E-state index in [1.54, 1.807) is 32.2 Å². The van der Waals surface area contributed by atoms with Gasteiger partial charge < -0.3 is 15.4 Å². The van der Waals surface area contributed by atoms with Crippen LogP contribution < -0.4 is 15.4 Å². The van der Waals surface area contributed by atoms with E-state index in [1.165, 1.54) is 22.4 Å². The maximum atomic E-state index is 14.1.